The predicted octanol–water partition coefficient (Wildman–Crippen LogP) is 3.81. The zero-order chi connectivity index (χ0) is 22.1. The van der Waals surface area contributed by atoms with Gasteiger partial charge in [-0.15, -0.1) is 0 Å². The van der Waals surface area contributed by atoms with E-state index in [1.807, 2.05) is 34.9 Å². The number of aromatic nitrogens is 2. The van der Waals surface area contributed by atoms with E-state index in [0.717, 1.165) is 61.5 Å². The van der Waals surface area contributed by atoms with E-state index < -0.39 is 0 Å². The number of hydrogen-bond acceptors (Lipinski definition) is 4. The first-order valence-corrected chi connectivity index (χ1v) is 12.1. The molecule has 0 spiro atoms. The third kappa shape index (κ3) is 4.15. The van der Waals surface area contributed by atoms with Gasteiger partial charge in [0.2, 0.25) is 11.8 Å². The van der Waals surface area contributed by atoms with E-state index >= 15 is 0 Å². The number of amides is 2. The molecular formula is C26H32N4O2. The highest BCUT2D eigenvalue weighted by atomic mass is 16.2. The predicted molar refractivity (Wildman–Crippen MR) is 123 cm³/mol. The summed E-state index contributed by atoms with van der Waals surface area (Å²) in [6.07, 6.45) is 7.58. The van der Waals surface area contributed by atoms with Crippen LogP contribution < -0.4 is 4.90 Å². The molecule has 0 radical (unpaired) electrons. The molecule has 2 amide bonds. The Morgan fingerprint density at radius 1 is 1.06 bits per heavy atom. The second-order valence-electron chi connectivity index (χ2n) is 9.53. The maximum Gasteiger partial charge on any atom is 0.232 e. The molecule has 6 heteroatoms. The fourth-order valence-corrected chi connectivity index (χ4v) is 5.51. The van der Waals surface area contributed by atoms with Gasteiger partial charge in [0, 0.05) is 42.7 Å². The topological polar surface area (TPSA) is 66.4 Å². The van der Waals surface area contributed by atoms with Crippen LogP contribution in [0.1, 0.15) is 67.1 Å². The minimum atomic E-state index is 0.104. The Balaban J connectivity index is 1.34. The third-order valence-corrected chi connectivity index (χ3v) is 7.36. The largest absolute Gasteiger partial charge is 0.342 e. The van der Waals surface area contributed by atoms with Crippen LogP contribution in [0.2, 0.25) is 0 Å². The van der Waals surface area contributed by atoms with Gasteiger partial charge in [0.25, 0.3) is 0 Å². The lowest BCUT2D eigenvalue weighted by atomic mass is 9.95. The van der Waals surface area contributed by atoms with Crippen LogP contribution in [0.5, 0.6) is 0 Å². The minimum Gasteiger partial charge on any atom is -0.342 e. The van der Waals surface area contributed by atoms with E-state index in [1.54, 1.807) is 0 Å². The molecule has 1 saturated heterocycles. The van der Waals surface area contributed by atoms with Crippen molar-refractivity contribution in [1.82, 2.24) is 14.9 Å². The Kier molecular flexibility index (Phi) is 5.94. The molecule has 1 atom stereocenters. The Labute approximate surface area is 190 Å². The van der Waals surface area contributed by atoms with Gasteiger partial charge in [0.1, 0.15) is 11.6 Å². The summed E-state index contributed by atoms with van der Waals surface area (Å²) >= 11 is 0. The minimum absolute atomic E-state index is 0.104. The number of nitrogens with zero attached hydrogens (tertiary/aromatic N) is 4. The zero-order valence-corrected chi connectivity index (χ0v) is 18.9. The fraction of sp³-hybridized carbons (Fsp3) is 0.538. The molecule has 32 heavy (non-hydrogen) atoms. The molecule has 3 aliphatic rings. The van der Waals surface area contributed by atoms with Gasteiger partial charge < -0.3 is 4.90 Å². The quantitative estimate of drug-likeness (QED) is 0.721. The van der Waals surface area contributed by atoms with Gasteiger partial charge in [-0.3, -0.25) is 14.5 Å². The maximum atomic E-state index is 13.0. The first-order valence-electron chi connectivity index (χ1n) is 12.1. The Morgan fingerprint density at radius 3 is 2.62 bits per heavy atom. The molecule has 2 fully saturated rings. The van der Waals surface area contributed by atoms with Crippen molar-refractivity contribution in [2.45, 2.75) is 64.2 Å². The lowest BCUT2D eigenvalue weighted by Crippen LogP contribution is -2.42. The van der Waals surface area contributed by atoms with E-state index in [0.29, 0.717) is 25.4 Å². The lowest BCUT2D eigenvalue weighted by molar-refractivity contribution is -0.136. The SMILES string of the molecule is Cc1nc([C@@H]2CCCN(C(=O)C3CCCC3)C2)nc2c1CC(=O)N2CCc1ccccc1. The Hall–Kier alpha value is -2.76. The normalized spacial score (nSPS) is 21.3. The number of benzene rings is 1. The van der Waals surface area contributed by atoms with E-state index in [1.165, 1.54) is 18.4 Å². The highest BCUT2D eigenvalue weighted by molar-refractivity contribution is 6.00. The van der Waals surface area contributed by atoms with Gasteiger partial charge in [0.05, 0.1) is 6.42 Å². The number of rotatable bonds is 5. The van der Waals surface area contributed by atoms with Gasteiger partial charge in [0.15, 0.2) is 0 Å². The molecule has 1 saturated carbocycles. The second-order valence-corrected chi connectivity index (χ2v) is 9.53. The van der Waals surface area contributed by atoms with E-state index in [-0.39, 0.29) is 17.7 Å². The summed E-state index contributed by atoms with van der Waals surface area (Å²) < 4.78 is 0. The zero-order valence-electron chi connectivity index (χ0n) is 18.9. The summed E-state index contributed by atoms with van der Waals surface area (Å²) in [4.78, 5) is 39.4. The summed E-state index contributed by atoms with van der Waals surface area (Å²) in [5.41, 5.74) is 3.08. The standard InChI is InChI=1S/C26H32N4O2/c1-18-22-16-23(31)30(15-13-19-8-3-2-4-9-19)25(22)28-24(27-18)21-12-7-14-29(17-21)26(32)20-10-5-6-11-20/h2-4,8-9,20-21H,5-7,10-17H2,1H3/t21-/m1/s1. The molecule has 0 N–H and O–H groups in total. The summed E-state index contributed by atoms with van der Waals surface area (Å²) in [6, 6.07) is 10.3. The number of aryl methyl sites for hydroxylation is 1. The summed E-state index contributed by atoms with van der Waals surface area (Å²) in [7, 11) is 0. The molecule has 0 bridgehead atoms. The monoisotopic (exact) mass is 432 g/mol. The van der Waals surface area contributed by atoms with Crippen LogP contribution in [0.15, 0.2) is 30.3 Å². The summed E-state index contributed by atoms with van der Waals surface area (Å²) in [6.45, 7) is 4.16. The van der Waals surface area contributed by atoms with Crippen molar-refractivity contribution >= 4 is 17.6 Å². The van der Waals surface area contributed by atoms with Crippen LogP contribution in [0.25, 0.3) is 0 Å². The molecule has 1 aromatic carbocycles. The molecule has 2 aliphatic heterocycles. The van der Waals surface area contributed by atoms with Crippen LogP contribution in [0.4, 0.5) is 5.82 Å². The van der Waals surface area contributed by atoms with Gasteiger partial charge in [-0.25, -0.2) is 9.97 Å². The first-order chi connectivity index (χ1) is 15.6. The molecular weight excluding hydrogens is 400 g/mol. The maximum absolute atomic E-state index is 13.0. The summed E-state index contributed by atoms with van der Waals surface area (Å²) in [5.74, 6) is 2.36. The number of hydrogen-bond donors (Lipinski definition) is 0. The van der Waals surface area contributed by atoms with Crippen molar-refractivity contribution in [1.29, 1.82) is 0 Å². The highest BCUT2D eigenvalue weighted by Crippen LogP contribution is 2.34. The van der Waals surface area contributed by atoms with Gasteiger partial charge in [-0.2, -0.15) is 0 Å². The number of anilines is 1. The van der Waals surface area contributed by atoms with Crippen LogP contribution in [0.3, 0.4) is 0 Å². The van der Waals surface area contributed by atoms with Crippen molar-refractivity contribution in [3.8, 4) is 0 Å². The van der Waals surface area contributed by atoms with Gasteiger partial charge in [-0.1, -0.05) is 43.2 Å². The lowest BCUT2D eigenvalue weighted by Gasteiger charge is -2.34. The summed E-state index contributed by atoms with van der Waals surface area (Å²) in [5, 5.41) is 0. The van der Waals surface area contributed by atoms with E-state index in [9.17, 15) is 9.59 Å². The van der Waals surface area contributed by atoms with Crippen molar-refractivity contribution in [2.24, 2.45) is 5.92 Å². The smallest absolute Gasteiger partial charge is 0.232 e. The molecule has 1 aliphatic carbocycles. The van der Waals surface area contributed by atoms with Crippen molar-refractivity contribution in [3.05, 3.63) is 53.0 Å². The Morgan fingerprint density at radius 2 is 1.84 bits per heavy atom. The number of piperidine rings is 1. The first kappa shape index (κ1) is 21.1. The molecule has 6 nitrogen and oxygen atoms in total. The molecule has 3 heterocycles. The van der Waals surface area contributed by atoms with Crippen molar-refractivity contribution < 1.29 is 9.59 Å². The van der Waals surface area contributed by atoms with Crippen LogP contribution in [0, 0.1) is 12.8 Å². The Bertz CT molecular complexity index is 1000. The fourth-order valence-electron chi connectivity index (χ4n) is 5.51. The van der Waals surface area contributed by atoms with Crippen LogP contribution in [-0.2, 0) is 22.4 Å². The molecule has 5 rings (SSSR count). The molecule has 1 aromatic heterocycles. The molecule has 0 unspecified atom stereocenters. The van der Waals surface area contributed by atoms with E-state index in [4.69, 9.17) is 9.97 Å². The van der Waals surface area contributed by atoms with Crippen molar-refractivity contribution in [2.75, 3.05) is 24.5 Å². The van der Waals surface area contributed by atoms with Gasteiger partial charge >= 0.3 is 0 Å². The highest BCUT2D eigenvalue weighted by Gasteiger charge is 2.35. The van der Waals surface area contributed by atoms with Crippen LogP contribution >= 0.6 is 0 Å². The van der Waals surface area contributed by atoms with Gasteiger partial charge in [-0.05, 0) is 44.6 Å². The molecule has 2 aromatic rings. The van der Waals surface area contributed by atoms with E-state index in [2.05, 4.69) is 12.1 Å². The van der Waals surface area contributed by atoms with Crippen molar-refractivity contribution in [3.63, 3.8) is 0 Å². The van der Waals surface area contributed by atoms with Crippen LogP contribution in [-0.4, -0.2) is 46.3 Å². The molecule has 168 valence electrons. The average Bonchev–Trinajstić information content (AvgIpc) is 3.46. The number of carbonyl (C=O) groups excluding carboxylic acids is 2. The average molecular weight is 433 g/mol. The second kappa shape index (κ2) is 9.00. The third-order valence-electron chi connectivity index (χ3n) is 7.36. The number of likely N-dealkylation sites (tertiary alicyclic amines) is 1. The number of fused-ring (bicyclic) bond motifs is 1. The number of carbonyl (C=O) groups is 2.